The fourth-order valence-corrected chi connectivity index (χ4v) is 2.24. The first kappa shape index (κ1) is 12.8. The summed E-state index contributed by atoms with van der Waals surface area (Å²) < 4.78 is 0. The van der Waals surface area contributed by atoms with E-state index in [4.69, 9.17) is 11.6 Å². The maximum absolute atomic E-state index is 11.9. The molecular formula is C15H14ClNO. The van der Waals surface area contributed by atoms with Crippen LogP contribution in [0.1, 0.15) is 35.7 Å². The molecule has 0 fully saturated rings. The molecule has 0 aliphatic heterocycles. The molecular weight excluding hydrogens is 246 g/mol. The van der Waals surface area contributed by atoms with Crippen molar-refractivity contribution in [2.75, 3.05) is 0 Å². The Morgan fingerprint density at radius 3 is 2.94 bits per heavy atom. The second-order valence-corrected chi connectivity index (χ2v) is 4.48. The number of para-hydroxylation sites is 1. The van der Waals surface area contributed by atoms with Gasteiger partial charge in [0.2, 0.25) is 0 Å². The zero-order valence-corrected chi connectivity index (χ0v) is 11.0. The van der Waals surface area contributed by atoms with Crippen LogP contribution < -0.4 is 0 Å². The summed E-state index contributed by atoms with van der Waals surface area (Å²) in [6, 6.07) is 5.69. The monoisotopic (exact) mass is 259 g/mol. The Hall–Kier alpha value is -1.67. The van der Waals surface area contributed by atoms with E-state index in [1.54, 1.807) is 12.3 Å². The van der Waals surface area contributed by atoms with Gasteiger partial charge in [-0.1, -0.05) is 49.4 Å². The Morgan fingerprint density at radius 1 is 1.50 bits per heavy atom. The highest BCUT2D eigenvalue weighted by Crippen LogP contribution is 2.28. The lowest BCUT2D eigenvalue weighted by atomic mass is 10.0. The topological polar surface area (TPSA) is 30.0 Å². The van der Waals surface area contributed by atoms with Gasteiger partial charge in [-0.15, -0.1) is 0 Å². The highest BCUT2D eigenvalue weighted by Gasteiger charge is 2.13. The molecule has 0 unspecified atom stereocenters. The number of hydrogen-bond donors (Lipinski definition) is 0. The van der Waals surface area contributed by atoms with E-state index in [-0.39, 0.29) is 5.78 Å². The Bertz CT molecular complexity index is 619. The van der Waals surface area contributed by atoms with E-state index in [2.05, 4.69) is 11.6 Å². The second-order valence-electron chi connectivity index (χ2n) is 4.11. The van der Waals surface area contributed by atoms with E-state index >= 15 is 0 Å². The maximum atomic E-state index is 11.9. The van der Waals surface area contributed by atoms with E-state index in [9.17, 15) is 4.79 Å². The predicted molar refractivity (Wildman–Crippen MR) is 76.1 cm³/mol. The molecule has 0 N–H and O–H groups in total. The summed E-state index contributed by atoms with van der Waals surface area (Å²) in [5.74, 6) is 0.0425. The molecule has 0 spiro atoms. The van der Waals surface area contributed by atoms with Crippen LogP contribution in [0, 0.1) is 0 Å². The smallest absolute Gasteiger partial charge is 0.165 e. The minimum Gasteiger partial charge on any atom is -0.294 e. The number of carbonyl (C=O) groups is 1. The van der Waals surface area contributed by atoms with Crippen LogP contribution in [0.4, 0.5) is 0 Å². The fraction of sp³-hybridized carbons (Fsp3) is 0.200. The molecule has 0 aliphatic rings. The molecule has 0 bridgehead atoms. The van der Waals surface area contributed by atoms with E-state index in [1.165, 1.54) is 0 Å². The van der Waals surface area contributed by atoms with Crippen molar-refractivity contribution in [3.05, 3.63) is 47.1 Å². The van der Waals surface area contributed by atoms with Gasteiger partial charge in [-0.25, -0.2) is 0 Å². The molecule has 0 saturated heterocycles. The second kappa shape index (κ2) is 5.32. The number of pyridine rings is 1. The molecule has 92 valence electrons. The third-order valence-corrected chi connectivity index (χ3v) is 3.27. The number of rotatable bonds is 4. The first-order chi connectivity index (χ1) is 8.69. The highest BCUT2D eigenvalue weighted by molar-refractivity contribution is 6.38. The van der Waals surface area contributed by atoms with Gasteiger partial charge in [0.05, 0.1) is 16.1 Å². The first-order valence-corrected chi connectivity index (χ1v) is 6.29. The molecule has 1 aromatic carbocycles. The molecule has 1 heterocycles. The number of hydrogen-bond acceptors (Lipinski definition) is 2. The summed E-state index contributed by atoms with van der Waals surface area (Å²) in [7, 11) is 0. The summed E-state index contributed by atoms with van der Waals surface area (Å²) in [6.07, 6.45) is 4.60. The molecule has 0 aliphatic carbocycles. The van der Waals surface area contributed by atoms with Gasteiger partial charge >= 0.3 is 0 Å². The SMILES string of the molecule is C=Cc1cccc2c(Cl)c(C(=O)CCC)cnc12. The van der Waals surface area contributed by atoms with E-state index < -0.39 is 0 Å². The van der Waals surface area contributed by atoms with Crippen LogP contribution in [0.2, 0.25) is 5.02 Å². The van der Waals surface area contributed by atoms with Crippen LogP contribution in [0.25, 0.3) is 17.0 Å². The van der Waals surface area contributed by atoms with Crippen molar-refractivity contribution in [2.45, 2.75) is 19.8 Å². The molecule has 0 amide bonds. The number of carbonyl (C=O) groups excluding carboxylic acids is 1. The number of aromatic nitrogens is 1. The minimum atomic E-state index is 0.0425. The number of benzene rings is 1. The van der Waals surface area contributed by atoms with Gasteiger partial charge in [0, 0.05) is 23.6 Å². The quantitative estimate of drug-likeness (QED) is 0.756. The molecule has 18 heavy (non-hydrogen) atoms. The number of fused-ring (bicyclic) bond motifs is 1. The van der Waals surface area contributed by atoms with Crippen LogP contribution in [-0.2, 0) is 0 Å². The van der Waals surface area contributed by atoms with E-state index in [0.717, 1.165) is 22.9 Å². The summed E-state index contributed by atoms with van der Waals surface area (Å²) in [5.41, 5.74) is 2.21. The molecule has 1 aromatic heterocycles. The normalized spacial score (nSPS) is 10.6. The Labute approximate surface area is 111 Å². The Morgan fingerprint density at radius 2 is 2.28 bits per heavy atom. The Kier molecular flexibility index (Phi) is 3.78. The van der Waals surface area contributed by atoms with Crippen molar-refractivity contribution in [1.82, 2.24) is 4.98 Å². The van der Waals surface area contributed by atoms with Gasteiger partial charge in [-0.3, -0.25) is 9.78 Å². The summed E-state index contributed by atoms with van der Waals surface area (Å²) in [4.78, 5) is 16.3. The third-order valence-electron chi connectivity index (χ3n) is 2.86. The number of nitrogens with zero attached hydrogens (tertiary/aromatic N) is 1. The van der Waals surface area contributed by atoms with Gasteiger partial charge in [0.1, 0.15) is 0 Å². The van der Waals surface area contributed by atoms with Gasteiger partial charge in [-0.05, 0) is 6.42 Å². The van der Waals surface area contributed by atoms with Crippen LogP contribution in [-0.4, -0.2) is 10.8 Å². The lowest BCUT2D eigenvalue weighted by Crippen LogP contribution is -2.01. The van der Waals surface area contributed by atoms with Crippen molar-refractivity contribution in [3.63, 3.8) is 0 Å². The number of halogens is 1. The highest BCUT2D eigenvalue weighted by atomic mass is 35.5. The van der Waals surface area contributed by atoms with Crippen LogP contribution >= 0.6 is 11.6 Å². The van der Waals surface area contributed by atoms with Crippen molar-refractivity contribution in [3.8, 4) is 0 Å². The summed E-state index contributed by atoms with van der Waals surface area (Å²) in [5, 5.41) is 1.29. The molecule has 3 heteroatoms. The van der Waals surface area contributed by atoms with Gasteiger partial charge in [-0.2, -0.15) is 0 Å². The predicted octanol–water partition coefficient (Wildman–Crippen LogP) is 4.51. The average Bonchev–Trinajstić information content (AvgIpc) is 2.39. The first-order valence-electron chi connectivity index (χ1n) is 5.92. The van der Waals surface area contributed by atoms with Gasteiger partial charge in [0.15, 0.2) is 5.78 Å². The molecule has 0 radical (unpaired) electrons. The van der Waals surface area contributed by atoms with E-state index in [1.807, 2.05) is 25.1 Å². The lowest BCUT2D eigenvalue weighted by molar-refractivity contribution is 0.0981. The van der Waals surface area contributed by atoms with Gasteiger partial charge < -0.3 is 0 Å². The molecule has 2 aromatic rings. The van der Waals surface area contributed by atoms with E-state index in [0.29, 0.717) is 17.0 Å². The molecule has 0 saturated carbocycles. The van der Waals surface area contributed by atoms with Crippen LogP contribution in [0.15, 0.2) is 31.0 Å². The number of ketones is 1. The largest absolute Gasteiger partial charge is 0.294 e. The van der Waals surface area contributed by atoms with Crippen molar-refractivity contribution in [1.29, 1.82) is 0 Å². The average molecular weight is 260 g/mol. The van der Waals surface area contributed by atoms with Crippen molar-refractivity contribution < 1.29 is 4.79 Å². The maximum Gasteiger partial charge on any atom is 0.165 e. The molecule has 2 nitrogen and oxygen atoms in total. The lowest BCUT2D eigenvalue weighted by Gasteiger charge is -2.07. The number of Topliss-reactive ketones (excluding diaryl/α,β-unsaturated/α-hetero) is 1. The van der Waals surface area contributed by atoms with Crippen LogP contribution in [0.3, 0.4) is 0 Å². The van der Waals surface area contributed by atoms with Crippen molar-refractivity contribution >= 4 is 34.4 Å². The minimum absolute atomic E-state index is 0.0425. The summed E-state index contributed by atoms with van der Waals surface area (Å²) in [6.45, 7) is 5.72. The van der Waals surface area contributed by atoms with Gasteiger partial charge in [0.25, 0.3) is 0 Å². The summed E-state index contributed by atoms with van der Waals surface area (Å²) >= 11 is 6.31. The zero-order chi connectivity index (χ0) is 13.1. The standard InChI is InChI=1S/C15H14ClNO/c1-3-6-13(18)12-9-17-15-10(4-2)7-5-8-11(15)14(12)16/h4-5,7-9H,2-3,6H2,1H3. The van der Waals surface area contributed by atoms with Crippen LogP contribution in [0.5, 0.6) is 0 Å². The Balaban J connectivity index is 2.65. The zero-order valence-electron chi connectivity index (χ0n) is 10.2. The van der Waals surface area contributed by atoms with Crippen molar-refractivity contribution in [2.24, 2.45) is 0 Å². The molecule has 0 atom stereocenters. The molecule has 2 rings (SSSR count). The third kappa shape index (κ3) is 2.16. The fourth-order valence-electron chi connectivity index (χ4n) is 1.93.